The SMILES string of the molecule is COc1cc(-c2cc(C(=O)O)nn2C)ccc1F. The van der Waals surface area contributed by atoms with Gasteiger partial charge in [0.1, 0.15) is 0 Å². The molecule has 5 nitrogen and oxygen atoms in total. The Labute approximate surface area is 102 Å². The second kappa shape index (κ2) is 4.48. The van der Waals surface area contributed by atoms with Crippen LogP contribution < -0.4 is 4.74 Å². The Morgan fingerprint density at radius 1 is 1.44 bits per heavy atom. The van der Waals surface area contributed by atoms with Crippen molar-refractivity contribution in [3.63, 3.8) is 0 Å². The maximum Gasteiger partial charge on any atom is 0.356 e. The normalized spacial score (nSPS) is 10.4. The molecular formula is C12H11FN2O3. The molecule has 1 N–H and O–H groups in total. The summed E-state index contributed by atoms with van der Waals surface area (Å²) in [5.41, 5.74) is 1.15. The number of nitrogens with zero attached hydrogens (tertiary/aromatic N) is 2. The van der Waals surface area contributed by atoms with Crippen molar-refractivity contribution in [2.75, 3.05) is 7.11 Å². The van der Waals surface area contributed by atoms with Gasteiger partial charge in [-0.3, -0.25) is 4.68 Å². The van der Waals surface area contributed by atoms with Crippen molar-refractivity contribution in [3.8, 4) is 17.0 Å². The Morgan fingerprint density at radius 2 is 2.17 bits per heavy atom. The zero-order valence-corrected chi connectivity index (χ0v) is 9.85. The fraction of sp³-hybridized carbons (Fsp3) is 0.167. The zero-order valence-electron chi connectivity index (χ0n) is 9.85. The van der Waals surface area contributed by atoms with Gasteiger partial charge in [-0.2, -0.15) is 5.10 Å². The summed E-state index contributed by atoms with van der Waals surface area (Å²) < 4.78 is 19.6. The van der Waals surface area contributed by atoms with E-state index in [0.717, 1.165) is 0 Å². The van der Waals surface area contributed by atoms with E-state index in [1.165, 1.54) is 30.0 Å². The minimum absolute atomic E-state index is 0.0595. The van der Waals surface area contributed by atoms with E-state index in [1.807, 2.05) is 0 Å². The molecule has 2 aromatic rings. The molecule has 0 bridgehead atoms. The Kier molecular flexibility index (Phi) is 3.01. The van der Waals surface area contributed by atoms with Crippen molar-refractivity contribution in [1.29, 1.82) is 0 Å². The number of aromatic carboxylic acids is 1. The highest BCUT2D eigenvalue weighted by Crippen LogP contribution is 2.26. The summed E-state index contributed by atoms with van der Waals surface area (Å²) in [6, 6.07) is 5.73. The lowest BCUT2D eigenvalue weighted by molar-refractivity contribution is 0.0689. The molecule has 6 heteroatoms. The number of carboxylic acids is 1. The quantitative estimate of drug-likeness (QED) is 0.904. The minimum Gasteiger partial charge on any atom is -0.494 e. The molecule has 0 spiro atoms. The van der Waals surface area contributed by atoms with Crippen LogP contribution in [-0.4, -0.2) is 28.0 Å². The Bertz CT molecular complexity index is 607. The third-order valence-corrected chi connectivity index (χ3v) is 2.55. The van der Waals surface area contributed by atoms with Gasteiger partial charge in [-0.1, -0.05) is 0 Å². The molecule has 0 aliphatic rings. The van der Waals surface area contributed by atoms with Crippen LogP contribution in [0.25, 0.3) is 11.3 Å². The Hall–Kier alpha value is -2.37. The van der Waals surface area contributed by atoms with E-state index in [-0.39, 0.29) is 11.4 Å². The summed E-state index contributed by atoms with van der Waals surface area (Å²) in [6.07, 6.45) is 0. The van der Waals surface area contributed by atoms with Crippen LogP contribution in [0.3, 0.4) is 0 Å². The molecule has 0 aliphatic carbocycles. The van der Waals surface area contributed by atoms with Gasteiger partial charge in [0.15, 0.2) is 17.3 Å². The van der Waals surface area contributed by atoms with Crippen molar-refractivity contribution < 1.29 is 19.0 Å². The highest BCUT2D eigenvalue weighted by atomic mass is 19.1. The molecule has 0 atom stereocenters. The van der Waals surface area contributed by atoms with Crippen LogP contribution in [0.4, 0.5) is 4.39 Å². The van der Waals surface area contributed by atoms with E-state index in [2.05, 4.69) is 5.10 Å². The maximum absolute atomic E-state index is 13.3. The van der Waals surface area contributed by atoms with Crippen LogP contribution in [0.5, 0.6) is 5.75 Å². The minimum atomic E-state index is -1.11. The van der Waals surface area contributed by atoms with E-state index in [4.69, 9.17) is 9.84 Å². The van der Waals surface area contributed by atoms with Crippen LogP contribution in [0, 0.1) is 5.82 Å². The topological polar surface area (TPSA) is 64.3 Å². The first-order chi connectivity index (χ1) is 8.52. The number of carboxylic acid groups (broad SMARTS) is 1. The molecule has 0 amide bonds. The summed E-state index contributed by atoms with van der Waals surface area (Å²) >= 11 is 0. The second-order valence-corrected chi connectivity index (χ2v) is 3.69. The lowest BCUT2D eigenvalue weighted by atomic mass is 10.1. The predicted molar refractivity (Wildman–Crippen MR) is 62.1 cm³/mol. The second-order valence-electron chi connectivity index (χ2n) is 3.69. The number of hydrogen-bond donors (Lipinski definition) is 1. The number of halogens is 1. The van der Waals surface area contributed by atoms with Crippen LogP contribution in [-0.2, 0) is 7.05 Å². The molecule has 1 aromatic carbocycles. The highest BCUT2D eigenvalue weighted by molar-refractivity contribution is 5.87. The average molecular weight is 250 g/mol. The molecule has 0 fully saturated rings. The van der Waals surface area contributed by atoms with Crippen molar-refractivity contribution in [2.24, 2.45) is 7.05 Å². The molecular weight excluding hydrogens is 239 g/mol. The summed E-state index contributed by atoms with van der Waals surface area (Å²) in [7, 11) is 2.99. The molecule has 0 radical (unpaired) electrons. The van der Waals surface area contributed by atoms with Gasteiger partial charge in [-0.05, 0) is 24.3 Å². The maximum atomic E-state index is 13.3. The van der Waals surface area contributed by atoms with Crippen molar-refractivity contribution >= 4 is 5.97 Å². The van der Waals surface area contributed by atoms with Gasteiger partial charge >= 0.3 is 5.97 Å². The largest absolute Gasteiger partial charge is 0.494 e. The molecule has 1 aromatic heterocycles. The van der Waals surface area contributed by atoms with Crippen LogP contribution >= 0.6 is 0 Å². The fourth-order valence-electron chi connectivity index (χ4n) is 1.66. The van der Waals surface area contributed by atoms with Crippen LogP contribution in [0.15, 0.2) is 24.3 Å². The lowest BCUT2D eigenvalue weighted by Crippen LogP contribution is -1.99. The van der Waals surface area contributed by atoms with Crippen LogP contribution in [0.2, 0.25) is 0 Å². The van der Waals surface area contributed by atoms with E-state index in [1.54, 1.807) is 13.1 Å². The summed E-state index contributed by atoms with van der Waals surface area (Å²) in [6.45, 7) is 0. The van der Waals surface area contributed by atoms with E-state index >= 15 is 0 Å². The number of methoxy groups -OCH3 is 1. The van der Waals surface area contributed by atoms with Crippen molar-refractivity contribution in [2.45, 2.75) is 0 Å². The third-order valence-electron chi connectivity index (χ3n) is 2.55. The van der Waals surface area contributed by atoms with Crippen molar-refractivity contribution in [1.82, 2.24) is 9.78 Å². The number of rotatable bonds is 3. The molecule has 1 heterocycles. The number of aryl methyl sites for hydroxylation is 1. The van der Waals surface area contributed by atoms with Crippen LogP contribution in [0.1, 0.15) is 10.5 Å². The number of benzene rings is 1. The molecule has 0 saturated heterocycles. The van der Waals surface area contributed by atoms with E-state index in [0.29, 0.717) is 11.3 Å². The predicted octanol–water partition coefficient (Wildman–Crippen LogP) is 1.93. The summed E-state index contributed by atoms with van der Waals surface area (Å²) in [4.78, 5) is 10.8. The average Bonchev–Trinajstić information content (AvgIpc) is 2.72. The molecule has 0 aliphatic heterocycles. The Balaban J connectivity index is 2.51. The molecule has 0 saturated carbocycles. The number of aromatic nitrogens is 2. The fourth-order valence-corrected chi connectivity index (χ4v) is 1.66. The first-order valence-electron chi connectivity index (χ1n) is 5.14. The van der Waals surface area contributed by atoms with Gasteiger partial charge in [0.05, 0.1) is 12.8 Å². The Morgan fingerprint density at radius 3 is 2.72 bits per heavy atom. The monoisotopic (exact) mass is 250 g/mol. The van der Waals surface area contributed by atoms with Gasteiger partial charge in [0.2, 0.25) is 0 Å². The van der Waals surface area contributed by atoms with Gasteiger partial charge < -0.3 is 9.84 Å². The zero-order chi connectivity index (χ0) is 13.3. The standard InChI is InChI=1S/C12H11FN2O3/c1-15-10(6-9(14-15)12(16)17)7-3-4-8(13)11(5-7)18-2/h3-6H,1-2H3,(H,16,17). The molecule has 94 valence electrons. The summed E-state index contributed by atoms with van der Waals surface area (Å²) in [5, 5.41) is 12.7. The molecule has 0 unspecified atom stereocenters. The smallest absolute Gasteiger partial charge is 0.356 e. The van der Waals surface area contributed by atoms with Gasteiger partial charge in [-0.25, -0.2) is 9.18 Å². The van der Waals surface area contributed by atoms with E-state index in [9.17, 15) is 9.18 Å². The number of hydrogen-bond acceptors (Lipinski definition) is 3. The van der Waals surface area contributed by atoms with Gasteiger partial charge in [-0.15, -0.1) is 0 Å². The van der Waals surface area contributed by atoms with Gasteiger partial charge in [0.25, 0.3) is 0 Å². The van der Waals surface area contributed by atoms with Gasteiger partial charge in [0, 0.05) is 12.6 Å². The molecule has 18 heavy (non-hydrogen) atoms. The highest BCUT2D eigenvalue weighted by Gasteiger charge is 2.14. The molecule has 2 rings (SSSR count). The first kappa shape index (κ1) is 12.1. The number of carbonyl (C=O) groups is 1. The van der Waals surface area contributed by atoms with E-state index < -0.39 is 11.8 Å². The lowest BCUT2D eigenvalue weighted by Gasteiger charge is -2.05. The summed E-state index contributed by atoms with van der Waals surface area (Å²) in [5.74, 6) is -1.47. The van der Waals surface area contributed by atoms with Crippen molar-refractivity contribution in [3.05, 3.63) is 35.8 Å². The third kappa shape index (κ3) is 2.04. The first-order valence-corrected chi connectivity index (χ1v) is 5.14. The number of ether oxygens (including phenoxy) is 1.